The quantitative estimate of drug-likeness (QED) is 0.249. The summed E-state index contributed by atoms with van der Waals surface area (Å²) >= 11 is 14.8. The summed E-state index contributed by atoms with van der Waals surface area (Å²) < 4.78 is 45.8. The van der Waals surface area contributed by atoms with Crippen molar-refractivity contribution in [2.24, 2.45) is 0 Å². The molecule has 202 valence electrons. The normalized spacial score (nSPS) is 16.4. The molecular formula is C26H25Cl2F3N4O2S. The zero-order chi connectivity index (χ0) is 27.1. The third-order valence-electron chi connectivity index (χ3n) is 6.55. The van der Waals surface area contributed by atoms with E-state index in [1.807, 2.05) is 6.92 Å². The summed E-state index contributed by atoms with van der Waals surface area (Å²) in [7, 11) is 0. The molecule has 6 nitrogen and oxygen atoms in total. The van der Waals surface area contributed by atoms with Crippen LogP contribution in [0.3, 0.4) is 0 Å². The van der Waals surface area contributed by atoms with E-state index in [2.05, 4.69) is 15.5 Å². The standard InChI is InChI=1S/C26H25Cl2F3N4O2S/c1-2-38-18-7-5-17(6-8-18)35(14-26(29,30)31)13-21(36)32-16-11-19(27)22(20(28)12-16)25(9-10-25)24-34-33-23(37-24)15-3-4-15/h5-8,11-12,15H,2-4,9-10,13-14H2,1H3,(H,32,36). The van der Waals surface area contributed by atoms with Gasteiger partial charge in [0.05, 0.1) is 12.0 Å². The first-order valence-electron chi connectivity index (χ1n) is 12.3. The van der Waals surface area contributed by atoms with Crippen LogP contribution in [0.15, 0.2) is 45.7 Å². The molecule has 3 aromatic rings. The molecule has 0 saturated heterocycles. The van der Waals surface area contributed by atoms with Gasteiger partial charge in [-0.15, -0.1) is 22.0 Å². The van der Waals surface area contributed by atoms with Gasteiger partial charge in [-0.2, -0.15) is 13.2 Å². The Hall–Kier alpha value is -2.43. The summed E-state index contributed by atoms with van der Waals surface area (Å²) in [5.74, 6) is 1.64. The van der Waals surface area contributed by atoms with Crippen LogP contribution in [-0.2, 0) is 10.2 Å². The highest BCUT2D eigenvalue weighted by Gasteiger charge is 2.53. The molecule has 12 heteroatoms. The van der Waals surface area contributed by atoms with Gasteiger partial charge in [0, 0.05) is 37.8 Å². The van der Waals surface area contributed by atoms with Gasteiger partial charge >= 0.3 is 6.18 Å². The molecule has 2 aliphatic carbocycles. The van der Waals surface area contributed by atoms with E-state index in [1.165, 1.54) is 0 Å². The zero-order valence-electron chi connectivity index (χ0n) is 20.4. The van der Waals surface area contributed by atoms with Gasteiger partial charge in [0.1, 0.15) is 6.54 Å². The predicted octanol–water partition coefficient (Wildman–Crippen LogP) is 7.45. The number of carbonyl (C=O) groups excluding carboxylic acids is 1. The highest BCUT2D eigenvalue weighted by atomic mass is 35.5. The van der Waals surface area contributed by atoms with Gasteiger partial charge in [-0.05, 0) is 67.8 Å². The maximum absolute atomic E-state index is 13.3. The molecule has 0 atom stereocenters. The molecule has 1 aromatic heterocycles. The Morgan fingerprint density at radius 1 is 1.16 bits per heavy atom. The molecule has 2 saturated carbocycles. The lowest BCUT2D eigenvalue weighted by atomic mass is 9.95. The number of rotatable bonds is 10. The van der Waals surface area contributed by atoms with Crippen LogP contribution in [0.2, 0.25) is 10.0 Å². The second-order valence-corrected chi connectivity index (χ2v) is 11.7. The van der Waals surface area contributed by atoms with Crippen LogP contribution >= 0.6 is 35.0 Å². The summed E-state index contributed by atoms with van der Waals surface area (Å²) in [5.41, 5.74) is 0.664. The third-order valence-corrected chi connectivity index (χ3v) is 8.04. The number of benzene rings is 2. The number of halogens is 5. The predicted molar refractivity (Wildman–Crippen MR) is 142 cm³/mol. The highest BCUT2D eigenvalue weighted by Crippen LogP contribution is 2.57. The lowest BCUT2D eigenvalue weighted by Gasteiger charge is -2.25. The molecular weight excluding hydrogens is 560 g/mol. The van der Waals surface area contributed by atoms with Crippen molar-refractivity contribution in [2.75, 3.05) is 29.1 Å². The molecule has 1 N–H and O–H groups in total. The first kappa shape index (κ1) is 27.1. The van der Waals surface area contributed by atoms with Gasteiger partial charge in [0.25, 0.3) is 0 Å². The number of carbonyl (C=O) groups is 1. The summed E-state index contributed by atoms with van der Waals surface area (Å²) in [6.45, 7) is 0.216. The Bertz CT molecular complexity index is 1300. The molecule has 5 rings (SSSR count). The van der Waals surface area contributed by atoms with Crippen molar-refractivity contribution in [1.82, 2.24) is 10.2 Å². The Balaban J connectivity index is 1.31. The van der Waals surface area contributed by atoms with E-state index in [0.717, 1.165) is 41.2 Å². The maximum Gasteiger partial charge on any atom is 0.405 e. The van der Waals surface area contributed by atoms with Gasteiger partial charge in [-0.25, -0.2) is 0 Å². The van der Waals surface area contributed by atoms with E-state index in [1.54, 1.807) is 48.2 Å². The first-order chi connectivity index (χ1) is 18.1. The summed E-state index contributed by atoms with van der Waals surface area (Å²) in [6.07, 6.45) is -0.931. The number of alkyl halides is 3. The van der Waals surface area contributed by atoms with Gasteiger partial charge < -0.3 is 14.6 Å². The largest absolute Gasteiger partial charge is 0.424 e. The van der Waals surface area contributed by atoms with Crippen LogP contribution in [0.4, 0.5) is 24.5 Å². The molecule has 0 radical (unpaired) electrons. The topological polar surface area (TPSA) is 71.3 Å². The van der Waals surface area contributed by atoms with Crippen molar-refractivity contribution in [1.29, 1.82) is 0 Å². The molecule has 2 aromatic carbocycles. The van der Waals surface area contributed by atoms with Crippen LogP contribution in [0.1, 0.15) is 55.9 Å². The molecule has 1 amide bonds. The lowest BCUT2D eigenvalue weighted by molar-refractivity contribution is -0.122. The van der Waals surface area contributed by atoms with E-state index in [9.17, 15) is 18.0 Å². The molecule has 0 spiro atoms. The fourth-order valence-corrected chi connectivity index (χ4v) is 5.98. The van der Waals surface area contributed by atoms with Crippen LogP contribution in [0.5, 0.6) is 0 Å². The number of amides is 1. The minimum absolute atomic E-state index is 0.287. The van der Waals surface area contributed by atoms with Gasteiger partial charge in [0.2, 0.25) is 17.7 Å². The summed E-state index contributed by atoms with van der Waals surface area (Å²) in [4.78, 5) is 14.7. The van der Waals surface area contributed by atoms with E-state index in [-0.39, 0.29) is 5.69 Å². The molecule has 0 bridgehead atoms. The number of anilines is 2. The average Bonchev–Trinajstić information content (AvgIpc) is 3.77. The summed E-state index contributed by atoms with van der Waals surface area (Å²) in [6, 6.07) is 9.75. The highest BCUT2D eigenvalue weighted by molar-refractivity contribution is 7.99. The van der Waals surface area contributed by atoms with Crippen LogP contribution < -0.4 is 10.2 Å². The third kappa shape index (κ3) is 6.07. The molecule has 2 aliphatic rings. The Labute approximate surface area is 232 Å². The molecule has 1 heterocycles. The smallest absolute Gasteiger partial charge is 0.405 e. The number of hydrogen-bond donors (Lipinski definition) is 1. The minimum atomic E-state index is -4.49. The Morgan fingerprint density at radius 2 is 1.82 bits per heavy atom. The zero-order valence-corrected chi connectivity index (χ0v) is 22.8. The number of nitrogens with zero attached hydrogens (tertiary/aromatic N) is 3. The maximum atomic E-state index is 13.3. The Kier molecular flexibility index (Phi) is 7.59. The minimum Gasteiger partial charge on any atom is -0.424 e. The number of hydrogen-bond acceptors (Lipinski definition) is 6. The van der Waals surface area contributed by atoms with Crippen LogP contribution in [0, 0.1) is 0 Å². The van der Waals surface area contributed by atoms with Gasteiger partial charge in [-0.3, -0.25) is 4.79 Å². The fourth-order valence-electron chi connectivity index (χ4n) is 4.47. The van der Waals surface area contributed by atoms with Crippen LogP contribution in [0.25, 0.3) is 0 Å². The lowest BCUT2D eigenvalue weighted by Crippen LogP contribution is -2.39. The van der Waals surface area contributed by atoms with E-state index >= 15 is 0 Å². The van der Waals surface area contributed by atoms with E-state index in [0.29, 0.717) is 39.0 Å². The van der Waals surface area contributed by atoms with Crippen molar-refractivity contribution < 1.29 is 22.4 Å². The van der Waals surface area contributed by atoms with Gasteiger partial charge in [0.15, 0.2) is 0 Å². The van der Waals surface area contributed by atoms with Crippen molar-refractivity contribution in [3.63, 3.8) is 0 Å². The second-order valence-electron chi connectivity index (χ2n) is 9.56. The monoisotopic (exact) mass is 584 g/mol. The Morgan fingerprint density at radius 3 is 2.37 bits per heavy atom. The van der Waals surface area contributed by atoms with Crippen molar-refractivity contribution in [3.05, 3.63) is 63.8 Å². The molecule has 0 aliphatic heterocycles. The molecule has 0 unspecified atom stereocenters. The van der Waals surface area contributed by atoms with Crippen molar-refractivity contribution >= 4 is 52.2 Å². The molecule has 2 fully saturated rings. The second kappa shape index (κ2) is 10.6. The average molecular weight is 585 g/mol. The van der Waals surface area contributed by atoms with E-state index < -0.39 is 30.6 Å². The summed E-state index contributed by atoms with van der Waals surface area (Å²) in [5, 5.41) is 11.7. The SMILES string of the molecule is CCSc1ccc(N(CC(=O)Nc2cc(Cl)c(C3(c4nnc(C5CC5)o4)CC3)c(Cl)c2)CC(F)(F)F)cc1. The number of thioether (sulfide) groups is 1. The van der Waals surface area contributed by atoms with Crippen molar-refractivity contribution in [2.45, 2.75) is 55.0 Å². The van der Waals surface area contributed by atoms with E-state index in [4.69, 9.17) is 27.6 Å². The fraction of sp³-hybridized carbons (Fsp3) is 0.423. The van der Waals surface area contributed by atoms with Crippen molar-refractivity contribution in [3.8, 4) is 0 Å². The van der Waals surface area contributed by atoms with Crippen LogP contribution in [-0.4, -0.2) is 41.1 Å². The van der Waals surface area contributed by atoms with Gasteiger partial charge in [-0.1, -0.05) is 30.1 Å². The number of aromatic nitrogens is 2. The number of nitrogens with one attached hydrogen (secondary N) is 1. The molecule has 38 heavy (non-hydrogen) atoms. The first-order valence-corrected chi connectivity index (χ1v) is 14.0.